The van der Waals surface area contributed by atoms with E-state index in [0.29, 0.717) is 5.02 Å². The molecule has 0 amide bonds. The number of nitrogens with one attached hydrogen (secondary N) is 1. The van der Waals surface area contributed by atoms with Crippen LogP contribution in [-0.2, 0) is 10.0 Å². The zero-order valence-electron chi connectivity index (χ0n) is 8.84. The van der Waals surface area contributed by atoms with Crippen molar-refractivity contribution in [3.63, 3.8) is 0 Å². The minimum Gasteiger partial charge on any atom is -0.263 e. The number of aromatic nitrogens is 2. The highest BCUT2D eigenvalue weighted by atomic mass is 35.5. The smallest absolute Gasteiger partial charge is 0.263 e. The largest absolute Gasteiger partial charge is 0.264 e. The SMILES string of the molecule is O=S(=O)(Nc1ccc(Cl)cn1)c1ccc(Cl)nc1. The highest BCUT2D eigenvalue weighted by Crippen LogP contribution is 2.16. The van der Waals surface area contributed by atoms with Crippen LogP contribution in [0.3, 0.4) is 0 Å². The number of anilines is 1. The van der Waals surface area contributed by atoms with Crippen LogP contribution in [0.1, 0.15) is 0 Å². The monoisotopic (exact) mass is 303 g/mol. The molecule has 2 heterocycles. The standard InChI is InChI=1S/C10H7Cl2N3O2S/c11-7-1-4-10(14-5-7)15-18(16,17)8-2-3-9(12)13-6-8/h1-6H,(H,14,15). The van der Waals surface area contributed by atoms with E-state index in [2.05, 4.69) is 14.7 Å². The van der Waals surface area contributed by atoms with Gasteiger partial charge in [0, 0.05) is 12.4 Å². The summed E-state index contributed by atoms with van der Waals surface area (Å²) in [5, 5.41) is 0.643. The van der Waals surface area contributed by atoms with E-state index in [-0.39, 0.29) is 15.9 Å². The van der Waals surface area contributed by atoms with Gasteiger partial charge in [-0.3, -0.25) is 4.72 Å². The maximum atomic E-state index is 11.9. The highest BCUT2D eigenvalue weighted by Gasteiger charge is 2.15. The van der Waals surface area contributed by atoms with Crippen molar-refractivity contribution in [3.05, 3.63) is 46.8 Å². The molecule has 0 atom stereocenters. The number of pyridine rings is 2. The number of rotatable bonds is 3. The van der Waals surface area contributed by atoms with Gasteiger partial charge in [-0.25, -0.2) is 18.4 Å². The molecule has 94 valence electrons. The van der Waals surface area contributed by atoms with E-state index in [9.17, 15) is 8.42 Å². The first kappa shape index (κ1) is 13.1. The maximum Gasteiger partial charge on any atom is 0.264 e. The summed E-state index contributed by atoms with van der Waals surface area (Å²) in [6.45, 7) is 0. The molecule has 0 aromatic carbocycles. The van der Waals surface area contributed by atoms with Gasteiger partial charge in [0.2, 0.25) is 0 Å². The van der Waals surface area contributed by atoms with Crippen LogP contribution in [0.2, 0.25) is 10.2 Å². The van der Waals surface area contributed by atoms with Crippen LogP contribution in [-0.4, -0.2) is 18.4 Å². The fourth-order valence-corrected chi connectivity index (χ4v) is 2.33. The third kappa shape index (κ3) is 3.10. The number of halogens is 2. The zero-order chi connectivity index (χ0) is 13.2. The van der Waals surface area contributed by atoms with Gasteiger partial charge in [-0.1, -0.05) is 23.2 Å². The van der Waals surface area contributed by atoms with Gasteiger partial charge in [0.15, 0.2) is 0 Å². The highest BCUT2D eigenvalue weighted by molar-refractivity contribution is 7.92. The average molecular weight is 304 g/mol. The summed E-state index contributed by atoms with van der Waals surface area (Å²) < 4.78 is 26.2. The lowest BCUT2D eigenvalue weighted by atomic mass is 10.5. The van der Waals surface area contributed by atoms with Gasteiger partial charge < -0.3 is 0 Å². The molecule has 0 unspecified atom stereocenters. The Bertz CT molecular complexity index is 642. The topological polar surface area (TPSA) is 72.0 Å². The van der Waals surface area contributed by atoms with Crippen molar-refractivity contribution in [2.24, 2.45) is 0 Å². The molecule has 0 aliphatic carbocycles. The number of hydrogen-bond donors (Lipinski definition) is 1. The van der Waals surface area contributed by atoms with Crippen molar-refractivity contribution >= 4 is 39.0 Å². The predicted molar refractivity (Wildman–Crippen MR) is 69.3 cm³/mol. The van der Waals surface area contributed by atoms with Crippen LogP contribution in [0, 0.1) is 0 Å². The second-order valence-electron chi connectivity index (χ2n) is 3.28. The van der Waals surface area contributed by atoms with Gasteiger partial charge in [0.05, 0.1) is 5.02 Å². The van der Waals surface area contributed by atoms with Crippen LogP contribution in [0.25, 0.3) is 0 Å². The first-order chi connectivity index (χ1) is 8.47. The van der Waals surface area contributed by atoms with Crippen LogP contribution in [0.4, 0.5) is 5.82 Å². The Hall–Kier alpha value is -1.37. The van der Waals surface area contributed by atoms with Gasteiger partial charge >= 0.3 is 0 Å². The Morgan fingerprint density at radius 1 is 1.00 bits per heavy atom. The van der Waals surface area contributed by atoms with E-state index in [0.717, 1.165) is 0 Å². The molecule has 0 saturated heterocycles. The molecule has 0 radical (unpaired) electrons. The maximum absolute atomic E-state index is 11.9. The van der Waals surface area contributed by atoms with Crippen molar-refractivity contribution in [2.75, 3.05) is 4.72 Å². The summed E-state index contributed by atoms with van der Waals surface area (Å²) in [7, 11) is -3.72. The number of nitrogens with zero attached hydrogens (tertiary/aromatic N) is 2. The van der Waals surface area contributed by atoms with Gasteiger partial charge in [-0.2, -0.15) is 0 Å². The first-order valence-electron chi connectivity index (χ1n) is 4.73. The molecule has 0 aliphatic heterocycles. The van der Waals surface area contributed by atoms with Crippen molar-refractivity contribution in [1.29, 1.82) is 0 Å². The van der Waals surface area contributed by atoms with Gasteiger partial charge in [0.25, 0.3) is 10.0 Å². The molecule has 0 saturated carbocycles. The fourth-order valence-electron chi connectivity index (χ4n) is 1.15. The summed E-state index contributed by atoms with van der Waals surface area (Å²) in [5.74, 6) is 0.175. The molecule has 2 aromatic rings. The lowest BCUT2D eigenvalue weighted by molar-refractivity contribution is 0.600. The quantitative estimate of drug-likeness (QED) is 0.885. The summed E-state index contributed by atoms with van der Waals surface area (Å²) >= 11 is 11.2. The second kappa shape index (κ2) is 5.09. The van der Waals surface area contributed by atoms with Crippen LogP contribution < -0.4 is 4.72 Å². The number of hydrogen-bond acceptors (Lipinski definition) is 4. The van der Waals surface area contributed by atoms with E-state index in [4.69, 9.17) is 23.2 Å². The zero-order valence-corrected chi connectivity index (χ0v) is 11.2. The van der Waals surface area contributed by atoms with E-state index in [1.54, 1.807) is 0 Å². The third-order valence-electron chi connectivity index (χ3n) is 1.98. The van der Waals surface area contributed by atoms with Crippen LogP contribution >= 0.6 is 23.2 Å². The molecule has 1 N–H and O–H groups in total. The fraction of sp³-hybridized carbons (Fsp3) is 0. The Labute approximate surface area is 114 Å². The lowest BCUT2D eigenvalue weighted by Gasteiger charge is -2.06. The van der Waals surface area contributed by atoms with Crippen molar-refractivity contribution < 1.29 is 8.42 Å². The van der Waals surface area contributed by atoms with Crippen molar-refractivity contribution in [3.8, 4) is 0 Å². The van der Waals surface area contributed by atoms with Gasteiger partial charge in [-0.15, -0.1) is 0 Å². The average Bonchev–Trinajstić information content (AvgIpc) is 2.32. The first-order valence-corrected chi connectivity index (χ1v) is 6.97. The molecule has 0 fully saturated rings. The normalized spacial score (nSPS) is 11.2. The molecule has 18 heavy (non-hydrogen) atoms. The van der Waals surface area contributed by atoms with Crippen LogP contribution in [0.5, 0.6) is 0 Å². The van der Waals surface area contributed by atoms with E-state index in [1.807, 2.05) is 0 Å². The molecule has 0 bridgehead atoms. The lowest BCUT2D eigenvalue weighted by Crippen LogP contribution is -2.14. The van der Waals surface area contributed by atoms with Crippen molar-refractivity contribution in [2.45, 2.75) is 4.90 Å². The van der Waals surface area contributed by atoms with E-state index in [1.165, 1.54) is 36.7 Å². The third-order valence-corrected chi connectivity index (χ3v) is 3.76. The minimum absolute atomic E-state index is 0.00338. The van der Waals surface area contributed by atoms with E-state index >= 15 is 0 Å². The number of sulfonamides is 1. The predicted octanol–water partition coefficient (Wildman–Crippen LogP) is 2.58. The van der Waals surface area contributed by atoms with Crippen molar-refractivity contribution in [1.82, 2.24) is 9.97 Å². The molecule has 0 spiro atoms. The summed E-state index contributed by atoms with van der Waals surface area (Å²) in [4.78, 5) is 7.55. The molecule has 8 heteroatoms. The molecular weight excluding hydrogens is 297 g/mol. The Morgan fingerprint density at radius 3 is 2.33 bits per heavy atom. The molecule has 2 rings (SSSR count). The minimum atomic E-state index is -3.72. The Kier molecular flexibility index (Phi) is 3.70. The molecule has 0 aliphatic rings. The Morgan fingerprint density at radius 2 is 1.78 bits per heavy atom. The molecular formula is C10H7Cl2N3O2S. The van der Waals surface area contributed by atoms with Gasteiger partial charge in [-0.05, 0) is 24.3 Å². The summed E-state index contributed by atoms with van der Waals surface area (Å²) in [6, 6.07) is 5.74. The second-order valence-corrected chi connectivity index (χ2v) is 5.79. The summed E-state index contributed by atoms with van der Waals surface area (Å²) in [5.41, 5.74) is 0. The van der Waals surface area contributed by atoms with Crippen LogP contribution in [0.15, 0.2) is 41.6 Å². The van der Waals surface area contributed by atoms with Gasteiger partial charge in [0.1, 0.15) is 15.9 Å². The summed E-state index contributed by atoms with van der Waals surface area (Å²) in [6.07, 6.45) is 2.51. The molecule has 2 aromatic heterocycles. The van der Waals surface area contributed by atoms with E-state index < -0.39 is 10.0 Å². The molecule has 5 nitrogen and oxygen atoms in total. The Balaban J connectivity index is 2.27.